The lowest BCUT2D eigenvalue weighted by molar-refractivity contribution is -0.123. The molecule has 0 unspecified atom stereocenters. The highest BCUT2D eigenvalue weighted by Gasteiger charge is 2.30. The molecule has 1 saturated heterocycles. The number of hydrogen-bond donors (Lipinski definition) is 2. The molecule has 0 bridgehead atoms. The van der Waals surface area contributed by atoms with Gasteiger partial charge in [0.05, 0.1) is 23.8 Å². The van der Waals surface area contributed by atoms with Crippen molar-refractivity contribution in [3.8, 4) is 17.2 Å². The molecule has 4 rings (SSSR count). The number of aliphatic hydroxyl groups excluding tert-OH is 1. The van der Waals surface area contributed by atoms with E-state index >= 15 is 0 Å². The Morgan fingerprint density at radius 3 is 2.56 bits per heavy atom. The number of ether oxygens (including phenoxy) is 3. The fourth-order valence-electron chi connectivity index (χ4n) is 4.86. The zero-order valence-corrected chi connectivity index (χ0v) is 23.0. The Labute approximate surface area is 229 Å². The lowest BCUT2D eigenvalue weighted by atomic mass is 10.0. The minimum Gasteiger partial charge on any atom is -0.497 e. The maximum Gasteiger partial charge on any atom is 0.220 e. The molecule has 2 aromatic rings. The predicted octanol–water partition coefficient (Wildman–Crippen LogP) is 3.06. The van der Waals surface area contributed by atoms with Crippen LogP contribution in [0.15, 0.2) is 47.4 Å². The molecule has 214 valence electrons. The molecule has 2 N–H and O–H groups in total. The molecule has 3 atom stereocenters. The van der Waals surface area contributed by atoms with E-state index < -0.39 is 28.2 Å². The maximum absolute atomic E-state index is 13.8. The molecule has 2 aliphatic heterocycles. The number of alkyl halides is 1. The average Bonchev–Trinajstić information content (AvgIpc) is 3.36. The Morgan fingerprint density at radius 2 is 1.87 bits per heavy atom. The second-order valence-corrected chi connectivity index (χ2v) is 12.1. The van der Waals surface area contributed by atoms with Gasteiger partial charge in [0.1, 0.15) is 31.2 Å². The van der Waals surface area contributed by atoms with Gasteiger partial charge in [0.25, 0.3) is 0 Å². The number of rotatable bonds is 13. The number of methoxy groups -OCH3 is 1. The largest absolute Gasteiger partial charge is 0.497 e. The summed E-state index contributed by atoms with van der Waals surface area (Å²) in [6.45, 7) is 2.01. The Bertz CT molecular complexity index is 1210. The first-order valence-electron chi connectivity index (χ1n) is 13.4. The van der Waals surface area contributed by atoms with Crippen molar-refractivity contribution >= 4 is 15.7 Å². The zero-order valence-electron chi connectivity index (χ0n) is 22.2. The molecule has 39 heavy (non-hydrogen) atoms. The summed E-state index contributed by atoms with van der Waals surface area (Å²) in [4.78, 5) is 15.0. The SMILES string of the molecule is COc1ccc(S(=O)(=O)CCCCCC(=O)N[C@H](CN2CC[C@@H](F)C2)[C@H](O)c2ccc3c(c2)OCCO3)cc1. The third-order valence-corrected chi connectivity index (χ3v) is 8.86. The van der Waals surface area contributed by atoms with Crippen molar-refractivity contribution in [3.05, 3.63) is 48.0 Å². The number of likely N-dealkylation sites (tertiary alicyclic amines) is 1. The number of fused-ring (bicyclic) bond motifs is 1. The standard InChI is InChI=1S/C28H37FN2O7S/c1-36-22-7-9-23(10-8-22)39(34,35)16-4-2-3-5-27(32)30-24(19-31-13-12-21(29)18-31)28(33)20-6-11-25-26(17-20)38-15-14-37-25/h6-11,17,21,24,28,33H,2-5,12-16,18-19H2,1H3,(H,30,32)/t21-,24-,28-/m1/s1. The minimum absolute atomic E-state index is 0.00818. The number of aliphatic hydroxyl groups is 1. The molecule has 1 fully saturated rings. The third-order valence-electron chi connectivity index (χ3n) is 7.04. The molecule has 0 radical (unpaired) electrons. The van der Waals surface area contributed by atoms with Crippen molar-refractivity contribution in [3.63, 3.8) is 0 Å². The van der Waals surface area contributed by atoms with E-state index in [2.05, 4.69) is 5.32 Å². The van der Waals surface area contributed by atoms with E-state index in [1.807, 2.05) is 4.90 Å². The number of carbonyl (C=O) groups excluding carboxylic acids is 1. The summed E-state index contributed by atoms with van der Waals surface area (Å²) >= 11 is 0. The van der Waals surface area contributed by atoms with E-state index in [0.717, 1.165) is 0 Å². The molecule has 0 aromatic heterocycles. The molecule has 2 aromatic carbocycles. The minimum atomic E-state index is -3.42. The number of carbonyl (C=O) groups is 1. The van der Waals surface area contributed by atoms with Crippen LogP contribution in [0.5, 0.6) is 17.2 Å². The summed E-state index contributed by atoms with van der Waals surface area (Å²) in [5.74, 6) is 1.48. The molecule has 2 heterocycles. The molecule has 1 amide bonds. The van der Waals surface area contributed by atoms with Crippen LogP contribution in [0, 0.1) is 0 Å². The van der Waals surface area contributed by atoms with Crippen LogP contribution >= 0.6 is 0 Å². The third kappa shape index (κ3) is 8.06. The summed E-state index contributed by atoms with van der Waals surface area (Å²) in [5.41, 5.74) is 0.573. The molecule has 0 spiro atoms. The smallest absolute Gasteiger partial charge is 0.220 e. The highest BCUT2D eigenvalue weighted by molar-refractivity contribution is 7.91. The highest BCUT2D eigenvalue weighted by atomic mass is 32.2. The number of unbranched alkanes of at least 4 members (excludes halogenated alkanes) is 2. The quantitative estimate of drug-likeness (QED) is 0.357. The van der Waals surface area contributed by atoms with E-state index in [1.165, 1.54) is 19.2 Å². The summed E-state index contributed by atoms with van der Waals surface area (Å²) in [7, 11) is -1.90. The van der Waals surface area contributed by atoms with Crippen LogP contribution in [0.4, 0.5) is 4.39 Å². The zero-order chi connectivity index (χ0) is 27.8. The highest BCUT2D eigenvalue weighted by Crippen LogP contribution is 2.33. The lowest BCUT2D eigenvalue weighted by Gasteiger charge is -2.29. The first kappa shape index (κ1) is 29.1. The van der Waals surface area contributed by atoms with Crippen molar-refractivity contribution in [2.75, 3.05) is 45.7 Å². The fourth-order valence-corrected chi connectivity index (χ4v) is 6.23. The van der Waals surface area contributed by atoms with E-state index in [0.29, 0.717) is 74.8 Å². The molecule has 0 aliphatic carbocycles. The van der Waals surface area contributed by atoms with Crippen LogP contribution in [0.1, 0.15) is 43.8 Å². The molecular formula is C28H37FN2O7S. The van der Waals surface area contributed by atoms with Gasteiger partial charge in [-0.1, -0.05) is 12.5 Å². The van der Waals surface area contributed by atoms with Crippen molar-refractivity contribution in [1.29, 1.82) is 0 Å². The lowest BCUT2D eigenvalue weighted by Crippen LogP contribution is -2.46. The predicted molar refractivity (Wildman–Crippen MR) is 144 cm³/mol. The van der Waals surface area contributed by atoms with Crippen LogP contribution in [0.25, 0.3) is 0 Å². The van der Waals surface area contributed by atoms with Crippen LogP contribution in [-0.4, -0.2) is 82.3 Å². The molecule has 0 saturated carbocycles. The Kier molecular flexibility index (Phi) is 10.0. The number of amides is 1. The summed E-state index contributed by atoms with van der Waals surface area (Å²) < 4.78 is 55.2. The van der Waals surface area contributed by atoms with Gasteiger partial charge in [-0.05, 0) is 61.2 Å². The monoisotopic (exact) mass is 564 g/mol. The van der Waals surface area contributed by atoms with E-state index in [1.54, 1.807) is 30.3 Å². The average molecular weight is 565 g/mol. The molecule has 9 nitrogen and oxygen atoms in total. The Hall–Kier alpha value is -2.89. The number of hydrogen-bond acceptors (Lipinski definition) is 8. The number of benzene rings is 2. The Morgan fingerprint density at radius 1 is 1.13 bits per heavy atom. The first-order chi connectivity index (χ1) is 18.7. The van der Waals surface area contributed by atoms with Gasteiger partial charge < -0.3 is 24.6 Å². The van der Waals surface area contributed by atoms with Crippen molar-refractivity contribution in [2.24, 2.45) is 0 Å². The van der Waals surface area contributed by atoms with Gasteiger partial charge in [-0.3, -0.25) is 9.69 Å². The number of sulfone groups is 1. The maximum atomic E-state index is 13.8. The summed E-state index contributed by atoms with van der Waals surface area (Å²) in [5, 5.41) is 14.1. The normalized spacial score (nSPS) is 18.9. The van der Waals surface area contributed by atoms with Crippen molar-refractivity contribution < 1.29 is 36.9 Å². The second-order valence-electron chi connectivity index (χ2n) is 9.97. The van der Waals surface area contributed by atoms with Crippen LogP contribution in [0.3, 0.4) is 0 Å². The molecule has 2 aliphatic rings. The fraction of sp³-hybridized carbons (Fsp3) is 0.536. The van der Waals surface area contributed by atoms with Crippen LogP contribution in [-0.2, 0) is 14.6 Å². The molecular weight excluding hydrogens is 527 g/mol. The van der Waals surface area contributed by atoms with Gasteiger partial charge in [-0.2, -0.15) is 0 Å². The van der Waals surface area contributed by atoms with Crippen molar-refractivity contribution in [2.45, 2.75) is 55.3 Å². The number of nitrogens with zero attached hydrogens (tertiary/aromatic N) is 1. The number of nitrogens with one attached hydrogen (secondary N) is 1. The van der Waals surface area contributed by atoms with E-state index in [-0.39, 0.29) is 29.5 Å². The van der Waals surface area contributed by atoms with Crippen molar-refractivity contribution in [1.82, 2.24) is 10.2 Å². The van der Waals surface area contributed by atoms with Gasteiger partial charge in [0.15, 0.2) is 21.3 Å². The van der Waals surface area contributed by atoms with Gasteiger partial charge in [-0.25, -0.2) is 12.8 Å². The van der Waals surface area contributed by atoms with Gasteiger partial charge in [0.2, 0.25) is 5.91 Å². The van der Waals surface area contributed by atoms with Gasteiger partial charge in [0, 0.05) is 26.1 Å². The summed E-state index contributed by atoms with van der Waals surface area (Å²) in [6, 6.07) is 10.8. The van der Waals surface area contributed by atoms with E-state index in [4.69, 9.17) is 14.2 Å². The van der Waals surface area contributed by atoms with Crippen LogP contribution in [0.2, 0.25) is 0 Å². The van der Waals surface area contributed by atoms with Crippen LogP contribution < -0.4 is 19.5 Å². The van der Waals surface area contributed by atoms with Gasteiger partial charge >= 0.3 is 0 Å². The second kappa shape index (κ2) is 13.5. The summed E-state index contributed by atoms with van der Waals surface area (Å²) in [6.07, 6.45) is 0.177. The van der Waals surface area contributed by atoms with Gasteiger partial charge in [-0.15, -0.1) is 0 Å². The topological polar surface area (TPSA) is 114 Å². The van der Waals surface area contributed by atoms with E-state index in [9.17, 15) is 22.7 Å². The first-order valence-corrected chi connectivity index (χ1v) is 15.0. The molecule has 11 heteroatoms. The number of halogens is 1. The Balaban J connectivity index is 1.29.